The maximum Gasteiger partial charge on any atom is 0.331 e. The normalized spacial score (nSPS) is 19.4. The Kier molecular flexibility index (Phi) is 4.77. The van der Waals surface area contributed by atoms with Crippen LogP contribution in [0.3, 0.4) is 0 Å². The number of amidine groups is 1. The second-order valence-electron chi connectivity index (χ2n) is 8.27. The summed E-state index contributed by atoms with van der Waals surface area (Å²) in [5.74, 6) is 1.92. The smallest absolute Gasteiger partial charge is 0.331 e. The largest absolute Gasteiger partial charge is 0.341 e. The van der Waals surface area contributed by atoms with Crippen LogP contribution >= 0.6 is 0 Å². The Morgan fingerprint density at radius 1 is 1.13 bits per heavy atom. The Morgan fingerprint density at radius 2 is 1.90 bits per heavy atom. The minimum Gasteiger partial charge on any atom is -0.341 e. The second-order valence-corrected chi connectivity index (χ2v) is 8.27. The molecule has 4 heterocycles. The average molecular weight is 406 g/mol. The monoisotopic (exact) mass is 406 g/mol. The van der Waals surface area contributed by atoms with Crippen LogP contribution in [0.25, 0.3) is 5.69 Å². The summed E-state index contributed by atoms with van der Waals surface area (Å²) in [7, 11) is 0. The Bertz CT molecular complexity index is 990. The number of hydrogen-bond donors (Lipinski definition) is 0. The van der Waals surface area contributed by atoms with Gasteiger partial charge in [-0.3, -0.25) is 19.6 Å². The molecule has 5 rings (SSSR count). The van der Waals surface area contributed by atoms with Gasteiger partial charge in [0.05, 0.1) is 17.4 Å². The summed E-state index contributed by atoms with van der Waals surface area (Å²) in [6.45, 7) is 5.05. The van der Waals surface area contributed by atoms with E-state index in [0.717, 1.165) is 43.6 Å². The highest BCUT2D eigenvalue weighted by Gasteiger charge is 2.40. The van der Waals surface area contributed by atoms with Crippen molar-refractivity contribution in [3.63, 3.8) is 0 Å². The molecular weight excluding hydrogens is 380 g/mol. The number of piperidine rings is 1. The van der Waals surface area contributed by atoms with Crippen molar-refractivity contribution in [2.24, 2.45) is 10.9 Å². The molecule has 0 bridgehead atoms. The van der Waals surface area contributed by atoms with Crippen LogP contribution in [0.1, 0.15) is 31.7 Å². The highest BCUT2D eigenvalue weighted by molar-refractivity contribution is 6.19. The third-order valence-corrected chi connectivity index (χ3v) is 6.19. The molecule has 0 saturated carbocycles. The van der Waals surface area contributed by atoms with Gasteiger partial charge in [-0.1, -0.05) is 25.1 Å². The van der Waals surface area contributed by atoms with E-state index >= 15 is 0 Å². The first-order valence-electron chi connectivity index (χ1n) is 10.7. The van der Waals surface area contributed by atoms with Gasteiger partial charge in [-0.2, -0.15) is 5.10 Å². The van der Waals surface area contributed by atoms with Crippen molar-refractivity contribution in [1.29, 1.82) is 0 Å². The van der Waals surface area contributed by atoms with Gasteiger partial charge in [0, 0.05) is 26.2 Å². The number of nitrogens with zero attached hydrogens (tertiary/aromatic N) is 6. The van der Waals surface area contributed by atoms with Crippen molar-refractivity contribution in [2.75, 3.05) is 37.6 Å². The number of aliphatic imine (C=N–C) groups is 1. The Hall–Kier alpha value is -3.16. The maximum absolute atomic E-state index is 13.4. The van der Waals surface area contributed by atoms with Gasteiger partial charge in [0.1, 0.15) is 12.4 Å². The molecule has 1 aromatic carbocycles. The summed E-state index contributed by atoms with van der Waals surface area (Å²) in [5, 5.41) is 4.56. The van der Waals surface area contributed by atoms with Gasteiger partial charge in [0.25, 0.3) is 0 Å². The molecule has 2 aromatic rings. The summed E-state index contributed by atoms with van der Waals surface area (Å²) < 4.78 is 1.74. The maximum atomic E-state index is 13.4. The Labute approximate surface area is 175 Å². The summed E-state index contributed by atoms with van der Waals surface area (Å²) in [4.78, 5) is 36.3. The molecule has 3 aliphatic heterocycles. The molecule has 0 aliphatic carbocycles. The highest BCUT2D eigenvalue weighted by Crippen LogP contribution is 2.33. The lowest BCUT2D eigenvalue weighted by Crippen LogP contribution is -2.56. The van der Waals surface area contributed by atoms with E-state index in [1.807, 2.05) is 35.2 Å². The summed E-state index contributed by atoms with van der Waals surface area (Å²) in [6.07, 6.45) is 4.60. The second kappa shape index (κ2) is 7.59. The molecule has 156 valence electrons. The van der Waals surface area contributed by atoms with Gasteiger partial charge in [0.15, 0.2) is 5.82 Å². The number of fused-ring (bicyclic) bond motifs is 3. The molecule has 0 N–H and O–H groups in total. The summed E-state index contributed by atoms with van der Waals surface area (Å²) in [5.41, 5.74) is 1.65. The minimum absolute atomic E-state index is 0.0144. The van der Waals surface area contributed by atoms with Crippen LogP contribution in [0, 0.1) is 5.92 Å². The fraction of sp³-hybridized carbons (Fsp3) is 0.455. The molecule has 3 aliphatic rings. The minimum atomic E-state index is -0.197. The van der Waals surface area contributed by atoms with Crippen LogP contribution in [0.4, 0.5) is 10.6 Å². The third-order valence-electron chi connectivity index (χ3n) is 6.19. The van der Waals surface area contributed by atoms with Crippen molar-refractivity contribution >= 4 is 23.6 Å². The lowest BCUT2D eigenvalue weighted by atomic mass is 9.99. The number of rotatable bonds is 3. The number of benzene rings is 1. The molecule has 3 amide bonds. The number of carbonyl (C=O) groups excluding carboxylic acids is 2. The van der Waals surface area contributed by atoms with Gasteiger partial charge in [-0.05, 0) is 37.3 Å². The van der Waals surface area contributed by atoms with Crippen molar-refractivity contribution in [3.8, 4) is 5.69 Å². The van der Waals surface area contributed by atoms with E-state index in [0.29, 0.717) is 30.7 Å². The summed E-state index contributed by atoms with van der Waals surface area (Å²) >= 11 is 0. The first-order valence-corrected chi connectivity index (χ1v) is 10.7. The number of amides is 3. The molecule has 8 nitrogen and oxygen atoms in total. The average Bonchev–Trinajstić information content (AvgIpc) is 3.23. The lowest BCUT2D eigenvalue weighted by Gasteiger charge is -2.39. The number of urea groups is 1. The van der Waals surface area contributed by atoms with Crippen LogP contribution in [-0.4, -0.2) is 70.1 Å². The van der Waals surface area contributed by atoms with E-state index < -0.39 is 0 Å². The number of hydrogen-bond acceptors (Lipinski definition) is 4. The molecule has 0 unspecified atom stereocenters. The van der Waals surface area contributed by atoms with E-state index in [9.17, 15) is 9.59 Å². The number of para-hydroxylation sites is 1. The molecular formula is C22H26N6O2. The number of anilines is 1. The quantitative estimate of drug-likeness (QED) is 0.786. The Morgan fingerprint density at radius 3 is 2.67 bits per heavy atom. The Balaban J connectivity index is 1.53. The molecule has 1 fully saturated rings. The van der Waals surface area contributed by atoms with E-state index in [1.54, 1.807) is 20.7 Å². The third kappa shape index (κ3) is 3.16. The predicted molar refractivity (Wildman–Crippen MR) is 114 cm³/mol. The predicted octanol–water partition coefficient (Wildman–Crippen LogP) is 2.52. The van der Waals surface area contributed by atoms with Gasteiger partial charge in [-0.15, -0.1) is 0 Å². The topological polar surface area (TPSA) is 74.0 Å². The SMILES string of the molecule is CC1CCN(C(=O)CN2C(=O)N3CCCN=C3c3cnn(-c4ccccc4)c32)CC1. The molecule has 1 aromatic heterocycles. The molecule has 0 spiro atoms. The van der Waals surface area contributed by atoms with Gasteiger partial charge >= 0.3 is 6.03 Å². The molecule has 30 heavy (non-hydrogen) atoms. The van der Waals surface area contributed by atoms with E-state index in [2.05, 4.69) is 17.0 Å². The number of carbonyl (C=O) groups is 2. The number of aromatic nitrogens is 2. The van der Waals surface area contributed by atoms with Crippen molar-refractivity contribution in [1.82, 2.24) is 19.6 Å². The van der Waals surface area contributed by atoms with Crippen LogP contribution in [0.15, 0.2) is 41.5 Å². The van der Waals surface area contributed by atoms with Gasteiger partial charge in [0.2, 0.25) is 5.91 Å². The number of likely N-dealkylation sites (tertiary alicyclic amines) is 1. The van der Waals surface area contributed by atoms with Crippen LogP contribution in [0.2, 0.25) is 0 Å². The van der Waals surface area contributed by atoms with E-state index in [4.69, 9.17) is 0 Å². The first kappa shape index (κ1) is 18.8. The van der Waals surface area contributed by atoms with E-state index in [1.165, 1.54) is 0 Å². The molecule has 8 heteroatoms. The standard InChI is InChI=1S/C22H26N6O2/c1-16-8-12-25(13-9-16)19(29)15-27-21-18(20-23-10-5-11-26(20)22(27)30)14-24-28(21)17-6-3-2-4-7-17/h2-4,6-7,14,16H,5,8-13,15H2,1H3. The van der Waals surface area contributed by atoms with Gasteiger partial charge in [-0.25, -0.2) is 9.48 Å². The first-order chi connectivity index (χ1) is 14.6. The van der Waals surface area contributed by atoms with Gasteiger partial charge < -0.3 is 4.90 Å². The van der Waals surface area contributed by atoms with Crippen LogP contribution in [0.5, 0.6) is 0 Å². The van der Waals surface area contributed by atoms with Crippen molar-refractivity contribution < 1.29 is 9.59 Å². The molecule has 1 saturated heterocycles. The van der Waals surface area contributed by atoms with Crippen LogP contribution < -0.4 is 4.90 Å². The zero-order valence-corrected chi connectivity index (χ0v) is 17.2. The molecule has 0 atom stereocenters. The summed E-state index contributed by atoms with van der Waals surface area (Å²) in [6, 6.07) is 9.50. The fourth-order valence-electron chi connectivity index (χ4n) is 4.41. The lowest BCUT2D eigenvalue weighted by molar-refractivity contribution is -0.130. The highest BCUT2D eigenvalue weighted by atomic mass is 16.2. The zero-order valence-electron chi connectivity index (χ0n) is 17.2. The zero-order chi connectivity index (χ0) is 20.7. The molecule has 0 radical (unpaired) electrons. The van der Waals surface area contributed by atoms with Crippen LogP contribution in [-0.2, 0) is 4.79 Å². The van der Waals surface area contributed by atoms with Crippen molar-refractivity contribution in [2.45, 2.75) is 26.2 Å². The fourth-order valence-corrected chi connectivity index (χ4v) is 4.41. The van der Waals surface area contributed by atoms with Crippen molar-refractivity contribution in [3.05, 3.63) is 42.1 Å². The van der Waals surface area contributed by atoms with E-state index in [-0.39, 0.29) is 18.5 Å².